The van der Waals surface area contributed by atoms with Crippen LogP contribution in [-0.2, 0) is 4.79 Å². The normalized spacial score (nSPS) is 11.5. The highest BCUT2D eigenvalue weighted by Crippen LogP contribution is 2.31. The number of amides is 1. The quantitative estimate of drug-likeness (QED) is 0.772. The Morgan fingerprint density at radius 2 is 1.58 bits per heavy atom. The molecule has 5 nitrogen and oxygen atoms in total. The van der Waals surface area contributed by atoms with E-state index in [9.17, 15) is 4.79 Å². The van der Waals surface area contributed by atoms with E-state index in [1.54, 1.807) is 39.5 Å². The molecule has 2 aromatic rings. The van der Waals surface area contributed by atoms with E-state index in [0.717, 1.165) is 10.6 Å². The van der Waals surface area contributed by atoms with Crippen molar-refractivity contribution in [1.82, 2.24) is 0 Å². The number of ether oxygens (including phenoxy) is 3. The minimum absolute atomic E-state index is 0.0979. The van der Waals surface area contributed by atoms with Crippen LogP contribution in [0.5, 0.6) is 17.2 Å². The summed E-state index contributed by atoms with van der Waals surface area (Å²) in [5, 5.41) is 2.63. The molecule has 0 heterocycles. The van der Waals surface area contributed by atoms with Crippen molar-refractivity contribution in [3.63, 3.8) is 0 Å². The Balaban J connectivity index is 2.02. The molecule has 1 amide bonds. The molecule has 2 rings (SSSR count). The first kappa shape index (κ1) is 18.0. The third kappa shape index (κ3) is 4.58. The summed E-state index contributed by atoms with van der Waals surface area (Å²) in [6.07, 6.45) is 0. The Kier molecular flexibility index (Phi) is 6.37. The molecule has 128 valence electrons. The maximum absolute atomic E-state index is 12.4. The minimum atomic E-state index is -0.259. The van der Waals surface area contributed by atoms with E-state index >= 15 is 0 Å². The zero-order chi connectivity index (χ0) is 17.5. The summed E-state index contributed by atoms with van der Waals surface area (Å²) in [5.74, 6) is 1.92. The zero-order valence-corrected chi connectivity index (χ0v) is 15.0. The molecule has 6 heteroatoms. The van der Waals surface area contributed by atoms with E-state index in [4.69, 9.17) is 14.2 Å². The Morgan fingerprint density at radius 3 is 2.17 bits per heavy atom. The third-order valence-corrected chi connectivity index (χ3v) is 4.52. The van der Waals surface area contributed by atoms with E-state index in [0.29, 0.717) is 17.2 Å². The van der Waals surface area contributed by atoms with Gasteiger partial charge in [-0.05, 0) is 43.3 Å². The lowest BCUT2D eigenvalue weighted by atomic mass is 10.2. The van der Waals surface area contributed by atoms with Crippen molar-refractivity contribution in [2.45, 2.75) is 17.1 Å². The van der Waals surface area contributed by atoms with Crippen LogP contribution in [0.3, 0.4) is 0 Å². The van der Waals surface area contributed by atoms with Crippen LogP contribution in [0.25, 0.3) is 0 Å². The minimum Gasteiger partial charge on any atom is -0.497 e. The summed E-state index contributed by atoms with van der Waals surface area (Å²) in [6, 6.07) is 12.9. The van der Waals surface area contributed by atoms with Gasteiger partial charge in [0.25, 0.3) is 0 Å². The van der Waals surface area contributed by atoms with E-state index in [2.05, 4.69) is 5.32 Å². The number of nitrogens with one attached hydrogen (secondary N) is 1. The first-order valence-corrected chi connectivity index (χ1v) is 8.29. The molecule has 0 aliphatic rings. The molecule has 1 N–H and O–H groups in total. The smallest absolute Gasteiger partial charge is 0.237 e. The number of carbonyl (C=O) groups excluding carboxylic acids is 1. The molecule has 0 aliphatic carbocycles. The van der Waals surface area contributed by atoms with Crippen LogP contribution in [0.2, 0.25) is 0 Å². The lowest BCUT2D eigenvalue weighted by Crippen LogP contribution is -2.22. The molecule has 0 saturated carbocycles. The fraction of sp³-hybridized carbons (Fsp3) is 0.278. The first-order chi connectivity index (χ1) is 11.6. The molecule has 0 bridgehead atoms. The van der Waals surface area contributed by atoms with Crippen LogP contribution >= 0.6 is 11.8 Å². The second-order valence-corrected chi connectivity index (χ2v) is 6.41. The number of rotatable bonds is 7. The number of anilines is 1. The molecule has 0 spiro atoms. The van der Waals surface area contributed by atoms with Crippen molar-refractivity contribution in [3.05, 3.63) is 42.5 Å². The van der Waals surface area contributed by atoms with Crippen molar-refractivity contribution in [1.29, 1.82) is 0 Å². The topological polar surface area (TPSA) is 56.8 Å². The highest BCUT2D eigenvalue weighted by Gasteiger charge is 2.16. The van der Waals surface area contributed by atoms with E-state index in [-0.39, 0.29) is 11.2 Å². The standard InChI is InChI=1S/C18H21NO4S/c1-12(24-15-8-5-13(21-2)6-9-15)18(20)19-16-10-7-14(22-3)11-17(16)23-4/h5-12H,1-4H3,(H,19,20)/t12-/m1/s1. The SMILES string of the molecule is COc1ccc(S[C@H](C)C(=O)Nc2ccc(OC)cc2OC)cc1. The second-order valence-electron chi connectivity index (χ2n) is 4.99. The largest absolute Gasteiger partial charge is 0.497 e. The predicted molar refractivity (Wildman–Crippen MR) is 96.5 cm³/mol. The molecule has 0 unspecified atom stereocenters. The second kappa shape index (κ2) is 8.49. The molecule has 1 atom stereocenters. The highest BCUT2D eigenvalue weighted by atomic mass is 32.2. The van der Waals surface area contributed by atoms with Crippen molar-refractivity contribution in [2.75, 3.05) is 26.6 Å². The van der Waals surface area contributed by atoms with Crippen LogP contribution < -0.4 is 19.5 Å². The molecular weight excluding hydrogens is 326 g/mol. The van der Waals surface area contributed by atoms with Gasteiger partial charge < -0.3 is 19.5 Å². The molecule has 0 aliphatic heterocycles. The van der Waals surface area contributed by atoms with Crippen LogP contribution in [0.4, 0.5) is 5.69 Å². The zero-order valence-electron chi connectivity index (χ0n) is 14.2. The lowest BCUT2D eigenvalue weighted by molar-refractivity contribution is -0.115. The predicted octanol–water partition coefficient (Wildman–Crippen LogP) is 3.83. The van der Waals surface area contributed by atoms with Gasteiger partial charge in [0.2, 0.25) is 5.91 Å². The van der Waals surface area contributed by atoms with Crippen LogP contribution in [-0.4, -0.2) is 32.5 Å². The molecule has 0 saturated heterocycles. The molecular formula is C18H21NO4S. The fourth-order valence-electron chi connectivity index (χ4n) is 2.05. The van der Waals surface area contributed by atoms with E-state index < -0.39 is 0 Å². The highest BCUT2D eigenvalue weighted by molar-refractivity contribution is 8.00. The maximum atomic E-state index is 12.4. The number of benzene rings is 2. The van der Waals surface area contributed by atoms with Crippen molar-refractivity contribution < 1.29 is 19.0 Å². The number of hydrogen-bond donors (Lipinski definition) is 1. The summed E-state index contributed by atoms with van der Waals surface area (Å²) in [4.78, 5) is 13.4. The van der Waals surface area contributed by atoms with Gasteiger partial charge in [0.1, 0.15) is 17.2 Å². The maximum Gasteiger partial charge on any atom is 0.237 e. The molecule has 24 heavy (non-hydrogen) atoms. The van der Waals surface area contributed by atoms with Gasteiger partial charge >= 0.3 is 0 Å². The first-order valence-electron chi connectivity index (χ1n) is 7.41. The van der Waals surface area contributed by atoms with Crippen molar-refractivity contribution in [2.24, 2.45) is 0 Å². The number of methoxy groups -OCH3 is 3. The van der Waals surface area contributed by atoms with Crippen LogP contribution in [0.15, 0.2) is 47.4 Å². The Labute approximate surface area is 146 Å². The van der Waals surface area contributed by atoms with Gasteiger partial charge in [0.05, 0.1) is 32.3 Å². The van der Waals surface area contributed by atoms with Gasteiger partial charge in [-0.25, -0.2) is 0 Å². The third-order valence-electron chi connectivity index (χ3n) is 3.41. The summed E-state index contributed by atoms with van der Waals surface area (Å²) in [5.41, 5.74) is 0.616. The number of hydrogen-bond acceptors (Lipinski definition) is 5. The average Bonchev–Trinajstić information content (AvgIpc) is 2.62. The number of thioether (sulfide) groups is 1. The molecule has 2 aromatic carbocycles. The molecule has 0 aromatic heterocycles. The van der Waals surface area contributed by atoms with Gasteiger partial charge in [0, 0.05) is 11.0 Å². The Hall–Kier alpha value is -2.34. The average molecular weight is 347 g/mol. The fourth-order valence-corrected chi connectivity index (χ4v) is 2.92. The van der Waals surface area contributed by atoms with Crippen molar-refractivity contribution >= 4 is 23.4 Å². The van der Waals surface area contributed by atoms with E-state index in [1.165, 1.54) is 11.8 Å². The van der Waals surface area contributed by atoms with Gasteiger partial charge in [-0.15, -0.1) is 11.8 Å². The summed E-state index contributed by atoms with van der Waals surface area (Å²) in [6.45, 7) is 1.86. The lowest BCUT2D eigenvalue weighted by Gasteiger charge is -2.15. The summed E-state index contributed by atoms with van der Waals surface area (Å²) in [7, 11) is 4.76. The van der Waals surface area contributed by atoms with E-state index in [1.807, 2.05) is 31.2 Å². The van der Waals surface area contributed by atoms with Crippen LogP contribution in [0, 0.1) is 0 Å². The Bertz CT molecular complexity index is 688. The number of carbonyl (C=O) groups is 1. The van der Waals surface area contributed by atoms with Gasteiger partial charge in [0.15, 0.2) is 0 Å². The van der Waals surface area contributed by atoms with Crippen LogP contribution in [0.1, 0.15) is 6.92 Å². The molecule has 0 radical (unpaired) electrons. The monoisotopic (exact) mass is 347 g/mol. The Morgan fingerprint density at radius 1 is 0.958 bits per heavy atom. The summed E-state index contributed by atoms with van der Waals surface area (Å²) < 4.78 is 15.6. The summed E-state index contributed by atoms with van der Waals surface area (Å²) >= 11 is 1.48. The van der Waals surface area contributed by atoms with Gasteiger partial charge in [-0.3, -0.25) is 4.79 Å². The van der Waals surface area contributed by atoms with Gasteiger partial charge in [-0.1, -0.05) is 0 Å². The van der Waals surface area contributed by atoms with Gasteiger partial charge in [-0.2, -0.15) is 0 Å². The molecule has 0 fully saturated rings. The van der Waals surface area contributed by atoms with Crippen molar-refractivity contribution in [3.8, 4) is 17.2 Å².